The van der Waals surface area contributed by atoms with Crippen LogP contribution in [0.2, 0.25) is 0 Å². The summed E-state index contributed by atoms with van der Waals surface area (Å²) in [6.07, 6.45) is 0. The van der Waals surface area contributed by atoms with E-state index >= 15 is 0 Å². The minimum absolute atomic E-state index is 0.129. The summed E-state index contributed by atoms with van der Waals surface area (Å²) >= 11 is 0. The van der Waals surface area contributed by atoms with E-state index in [0.717, 1.165) is 0 Å². The van der Waals surface area contributed by atoms with Gasteiger partial charge in [0.25, 0.3) is 0 Å². The van der Waals surface area contributed by atoms with Gasteiger partial charge in [-0.1, -0.05) is 0 Å². The summed E-state index contributed by atoms with van der Waals surface area (Å²) in [5, 5.41) is 11.5. The summed E-state index contributed by atoms with van der Waals surface area (Å²) < 4.78 is 5.07. The van der Waals surface area contributed by atoms with Crippen molar-refractivity contribution in [2.24, 2.45) is 5.73 Å². The second-order valence-electron chi connectivity index (χ2n) is 3.52. The number of amides is 1. The first-order valence-corrected chi connectivity index (χ1v) is 4.80. The molecule has 1 amide bonds. The monoisotopic (exact) mass is 226 g/mol. The molecule has 1 heterocycles. The molecule has 0 aliphatic carbocycles. The number of carbonyl (C=O) groups excluding carboxylic acids is 1. The van der Waals surface area contributed by atoms with E-state index < -0.39 is 17.9 Å². The van der Waals surface area contributed by atoms with Crippen molar-refractivity contribution in [3.05, 3.63) is 23.7 Å². The predicted molar refractivity (Wildman–Crippen MR) is 55.9 cm³/mol. The quantitative estimate of drug-likeness (QED) is 0.678. The Labute approximate surface area is 92.4 Å². The Bertz CT molecular complexity index is 399. The molecule has 6 nitrogen and oxygen atoms in total. The minimum Gasteiger partial charge on any atom is -0.475 e. The molecule has 0 bridgehead atoms. The van der Waals surface area contributed by atoms with Crippen molar-refractivity contribution in [1.29, 1.82) is 0 Å². The van der Waals surface area contributed by atoms with Gasteiger partial charge >= 0.3 is 5.97 Å². The molecule has 88 valence electrons. The third-order valence-electron chi connectivity index (χ3n) is 2.19. The van der Waals surface area contributed by atoms with Crippen molar-refractivity contribution >= 4 is 11.9 Å². The Morgan fingerprint density at radius 2 is 2.06 bits per heavy atom. The van der Waals surface area contributed by atoms with Crippen molar-refractivity contribution < 1.29 is 19.1 Å². The van der Waals surface area contributed by atoms with Crippen LogP contribution in [-0.2, 0) is 4.79 Å². The molecule has 1 aromatic rings. The zero-order chi connectivity index (χ0) is 12.3. The van der Waals surface area contributed by atoms with Crippen molar-refractivity contribution in [3.8, 4) is 0 Å². The summed E-state index contributed by atoms with van der Waals surface area (Å²) in [6.45, 7) is 3.38. The largest absolute Gasteiger partial charge is 0.475 e. The normalized spacial score (nSPS) is 14.4. The summed E-state index contributed by atoms with van der Waals surface area (Å²) in [7, 11) is 0. The number of aromatic carboxylic acids is 1. The van der Waals surface area contributed by atoms with Crippen LogP contribution in [-0.4, -0.2) is 23.0 Å². The molecule has 6 heteroatoms. The molecular weight excluding hydrogens is 212 g/mol. The molecule has 2 unspecified atom stereocenters. The number of primary amides is 1. The van der Waals surface area contributed by atoms with Crippen LogP contribution >= 0.6 is 0 Å². The Balaban J connectivity index is 2.69. The lowest BCUT2D eigenvalue weighted by molar-refractivity contribution is -0.119. The van der Waals surface area contributed by atoms with Gasteiger partial charge in [0, 0.05) is 0 Å². The molecule has 2 atom stereocenters. The van der Waals surface area contributed by atoms with Crippen molar-refractivity contribution in [1.82, 2.24) is 5.32 Å². The van der Waals surface area contributed by atoms with Gasteiger partial charge in [0.2, 0.25) is 11.7 Å². The summed E-state index contributed by atoms with van der Waals surface area (Å²) in [6, 6.07) is 2.13. The van der Waals surface area contributed by atoms with Gasteiger partial charge in [-0.15, -0.1) is 0 Å². The van der Waals surface area contributed by atoms with E-state index in [4.69, 9.17) is 15.3 Å². The second kappa shape index (κ2) is 4.80. The maximum absolute atomic E-state index is 10.8. The lowest BCUT2D eigenvalue weighted by Crippen LogP contribution is -2.39. The van der Waals surface area contributed by atoms with Gasteiger partial charge in [0.1, 0.15) is 5.76 Å². The molecule has 16 heavy (non-hydrogen) atoms. The average molecular weight is 226 g/mol. The van der Waals surface area contributed by atoms with Crippen LogP contribution in [0.1, 0.15) is 36.2 Å². The Morgan fingerprint density at radius 3 is 2.50 bits per heavy atom. The SMILES string of the molecule is CC(NC(C)c1ccc(C(=O)O)o1)C(N)=O. The Hall–Kier alpha value is -1.82. The van der Waals surface area contributed by atoms with E-state index in [1.54, 1.807) is 19.9 Å². The molecule has 0 fully saturated rings. The molecule has 1 aromatic heterocycles. The topological polar surface area (TPSA) is 106 Å². The van der Waals surface area contributed by atoms with E-state index in [2.05, 4.69) is 5.32 Å². The van der Waals surface area contributed by atoms with Gasteiger partial charge in [0.05, 0.1) is 12.1 Å². The molecule has 0 spiro atoms. The van der Waals surface area contributed by atoms with E-state index in [-0.39, 0.29) is 11.8 Å². The summed E-state index contributed by atoms with van der Waals surface area (Å²) in [4.78, 5) is 21.4. The molecular formula is C10H14N2O4. The van der Waals surface area contributed by atoms with Gasteiger partial charge in [-0.25, -0.2) is 4.79 Å². The molecule has 0 saturated carbocycles. The number of nitrogens with two attached hydrogens (primary N) is 1. The number of carboxylic acid groups (broad SMARTS) is 1. The lowest BCUT2D eigenvalue weighted by Gasteiger charge is -2.15. The zero-order valence-corrected chi connectivity index (χ0v) is 9.06. The van der Waals surface area contributed by atoms with Crippen LogP contribution in [0.5, 0.6) is 0 Å². The number of hydrogen-bond acceptors (Lipinski definition) is 4. The number of carbonyl (C=O) groups is 2. The van der Waals surface area contributed by atoms with Crippen LogP contribution in [0.25, 0.3) is 0 Å². The fraction of sp³-hybridized carbons (Fsp3) is 0.400. The van der Waals surface area contributed by atoms with Crippen LogP contribution in [0, 0.1) is 0 Å². The Kier molecular flexibility index (Phi) is 3.68. The maximum Gasteiger partial charge on any atom is 0.371 e. The van der Waals surface area contributed by atoms with Crippen LogP contribution in [0.3, 0.4) is 0 Å². The van der Waals surface area contributed by atoms with E-state index in [0.29, 0.717) is 5.76 Å². The second-order valence-corrected chi connectivity index (χ2v) is 3.52. The van der Waals surface area contributed by atoms with E-state index in [1.807, 2.05) is 0 Å². The predicted octanol–water partition coefficient (Wildman–Crippen LogP) is 0.502. The number of hydrogen-bond donors (Lipinski definition) is 3. The first-order chi connectivity index (χ1) is 7.41. The van der Waals surface area contributed by atoms with Crippen LogP contribution in [0.4, 0.5) is 0 Å². The highest BCUT2D eigenvalue weighted by Gasteiger charge is 2.17. The van der Waals surface area contributed by atoms with Gasteiger partial charge in [0.15, 0.2) is 0 Å². The third-order valence-corrected chi connectivity index (χ3v) is 2.19. The van der Waals surface area contributed by atoms with Gasteiger partial charge < -0.3 is 15.3 Å². The fourth-order valence-corrected chi connectivity index (χ4v) is 1.24. The highest BCUT2D eigenvalue weighted by molar-refractivity contribution is 5.84. The first kappa shape index (κ1) is 12.3. The number of nitrogens with one attached hydrogen (secondary N) is 1. The van der Waals surface area contributed by atoms with Crippen molar-refractivity contribution in [3.63, 3.8) is 0 Å². The van der Waals surface area contributed by atoms with Crippen molar-refractivity contribution in [2.45, 2.75) is 25.9 Å². The van der Waals surface area contributed by atoms with Crippen LogP contribution in [0.15, 0.2) is 16.5 Å². The standard InChI is InChI=1S/C10H14N2O4/c1-5(12-6(2)9(11)13)7-3-4-8(16-7)10(14)15/h3-6,12H,1-2H3,(H2,11,13)(H,14,15). The summed E-state index contributed by atoms with van der Waals surface area (Å²) in [5.41, 5.74) is 5.09. The van der Waals surface area contributed by atoms with Gasteiger partial charge in [-0.05, 0) is 26.0 Å². The third kappa shape index (κ3) is 2.83. The Morgan fingerprint density at radius 1 is 1.44 bits per heavy atom. The lowest BCUT2D eigenvalue weighted by atomic mass is 10.2. The maximum atomic E-state index is 10.8. The summed E-state index contributed by atoms with van der Waals surface area (Å²) in [5.74, 6) is -1.28. The minimum atomic E-state index is -1.12. The molecule has 1 rings (SSSR count). The smallest absolute Gasteiger partial charge is 0.371 e. The average Bonchev–Trinajstić information content (AvgIpc) is 2.65. The molecule has 0 aromatic carbocycles. The molecule has 0 radical (unpaired) electrons. The van der Waals surface area contributed by atoms with E-state index in [1.165, 1.54) is 6.07 Å². The molecule has 0 aliphatic heterocycles. The zero-order valence-electron chi connectivity index (χ0n) is 9.06. The van der Waals surface area contributed by atoms with Gasteiger partial charge in [-0.3, -0.25) is 10.1 Å². The van der Waals surface area contributed by atoms with Gasteiger partial charge in [-0.2, -0.15) is 0 Å². The molecule has 0 saturated heterocycles. The number of furan rings is 1. The number of carboxylic acids is 1. The molecule has 4 N–H and O–H groups in total. The fourth-order valence-electron chi connectivity index (χ4n) is 1.24. The first-order valence-electron chi connectivity index (χ1n) is 4.80. The van der Waals surface area contributed by atoms with Crippen LogP contribution < -0.4 is 11.1 Å². The van der Waals surface area contributed by atoms with E-state index in [9.17, 15) is 9.59 Å². The molecule has 0 aliphatic rings. The highest BCUT2D eigenvalue weighted by Crippen LogP contribution is 2.16. The number of rotatable bonds is 5. The van der Waals surface area contributed by atoms with Crippen molar-refractivity contribution in [2.75, 3.05) is 0 Å². The highest BCUT2D eigenvalue weighted by atomic mass is 16.4.